The highest BCUT2D eigenvalue weighted by atomic mass is 32.1. The molecule has 0 radical (unpaired) electrons. The van der Waals surface area contributed by atoms with Crippen molar-refractivity contribution < 1.29 is 9.59 Å². The van der Waals surface area contributed by atoms with Crippen LogP contribution in [0.4, 0.5) is 0 Å². The van der Waals surface area contributed by atoms with Crippen molar-refractivity contribution in [3.8, 4) is 0 Å². The van der Waals surface area contributed by atoms with E-state index in [4.69, 9.17) is 0 Å². The molecule has 2 heterocycles. The summed E-state index contributed by atoms with van der Waals surface area (Å²) in [5.41, 5.74) is 0.955. The van der Waals surface area contributed by atoms with Gasteiger partial charge in [0.1, 0.15) is 0 Å². The van der Waals surface area contributed by atoms with Crippen molar-refractivity contribution in [3.63, 3.8) is 0 Å². The Hall–Kier alpha value is -1.23. The highest BCUT2D eigenvalue weighted by molar-refractivity contribution is 7.09. The summed E-state index contributed by atoms with van der Waals surface area (Å²) in [5.74, 6) is -0.0752. The van der Waals surface area contributed by atoms with E-state index >= 15 is 0 Å². The zero-order valence-corrected chi connectivity index (χ0v) is 11.7. The largest absolute Gasteiger partial charge is 0.296 e. The van der Waals surface area contributed by atoms with Crippen LogP contribution in [0.15, 0.2) is 5.38 Å². The fourth-order valence-electron chi connectivity index (χ4n) is 2.39. The maximum atomic E-state index is 12.0. The highest BCUT2D eigenvalue weighted by Gasteiger charge is 2.38. The molecule has 0 spiro atoms. The average molecular weight is 266 g/mol. The number of amides is 2. The van der Waals surface area contributed by atoms with Gasteiger partial charge in [0.2, 0.25) is 11.8 Å². The van der Waals surface area contributed by atoms with Crippen LogP contribution in [0.1, 0.15) is 43.3 Å². The molecule has 2 amide bonds. The van der Waals surface area contributed by atoms with Gasteiger partial charge in [-0.3, -0.25) is 14.9 Å². The number of imide groups is 1. The fraction of sp³-hybridized carbons (Fsp3) is 0.615. The van der Waals surface area contributed by atoms with Crippen LogP contribution >= 0.6 is 11.3 Å². The smallest absolute Gasteiger partial charge is 0.230 e. The highest BCUT2D eigenvalue weighted by Crippen LogP contribution is 2.36. The molecule has 1 aromatic heterocycles. The minimum atomic E-state index is -0.183. The molecule has 1 fully saturated rings. The molecule has 0 aromatic carbocycles. The summed E-state index contributed by atoms with van der Waals surface area (Å²) in [4.78, 5) is 28.0. The van der Waals surface area contributed by atoms with Gasteiger partial charge in [-0.05, 0) is 19.3 Å². The van der Waals surface area contributed by atoms with Crippen LogP contribution in [0.5, 0.6) is 0 Å². The van der Waals surface area contributed by atoms with Crippen molar-refractivity contribution in [1.82, 2.24) is 10.3 Å². The van der Waals surface area contributed by atoms with Gasteiger partial charge in [0.15, 0.2) is 0 Å². The molecule has 5 heteroatoms. The lowest BCUT2D eigenvalue weighted by atomic mass is 9.80. The van der Waals surface area contributed by atoms with Crippen molar-refractivity contribution >= 4 is 23.2 Å². The van der Waals surface area contributed by atoms with Crippen molar-refractivity contribution in [3.05, 3.63) is 16.1 Å². The van der Waals surface area contributed by atoms with Gasteiger partial charge in [0.05, 0.1) is 5.01 Å². The number of nitrogens with one attached hydrogen (secondary N) is 1. The molecule has 0 aliphatic carbocycles. The molecule has 2 unspecified atom stereocenters. The van der Waals surface area contributed by atoms with Gasteiger partial charge < -0.3 is 0 Å². The van der Waals surface area contributed by atoms with Gasteiger partial charge in [0, 0.05) is 29.3 Å². The topological polar surface area (TPSA) is 59.1 Å². The molecule has 4 nitrogen and oxygen atoms in total. The first kappa shape index (κ1) is 13.2. The number of nitrogens with zero attached hydrogens (tertiary/aromatic N) is 1. The standard InChI is InChI=1S/C13H18N2O2S/c1-7(2)4-9-10(5-11(16)15-12(9)17)13-14-8(3)6-18-13/h6-7,9-10H,4-5H2,1-3H3,(H,15,16,17). The van der Waals surface area contributed by atoms with E-state index in [9.17, 15) is 9.59 Å². The molecule has 1 saturated heterocycles. The first-order chi connectivity index (χ1) is 8.47. The van der Waals surface area contributed by atoms with E-state index in [1.54, 1.807) is 11.3 Å². The second kappa shape index (κ2) is 5.18. The third-order valence-electron chi connectivity index (χ3n) is 3.17. The van der Waals surface area contributed by atoms with Gasteiger partial charge in [-0.25, -0.2) is 4.98 Å². The quantitative estimate of drug-likeness (QED) is 0.854. The monoisotopic (exact) mass is 266 g/mol. The first-order valence-electron chi connectivity index (χ1n) is 6.23. The van der Waals surface area contributed by atoms with Crippen molar-refractivity contribution in [2.24, 2.45) is 11.8 Å². The van der Waals surface area contributed by atoms with Crippen LogP contribution in [0, 0.1) is 18.8 Å². The molecule has 1 aliphatic rings. The first-order valence-corrected chi connectivity index (χ1v) is 7.11. The lowest BCUT2D eigenvalue weighted by Crippen LogP contribution is -2.45. The molecule has 2 atom stereocenters. The maximum Gasteiger partial charge on any atom is 0.230 e. The zero-order chi connectivity index (χ0) is 13.3. The Kier molecular flexibility index (Phi) is 3.80. The number of piperidine rings is 1. The molecule has 1 aromatic rings. The number of carbonyl (C=O) groups excluding carboxylic acids is 2. The van der Waals surface area contributed by atoms with Crippen molar-refractivity contribution in [2.45, 2.75) is 39.5 Å². The third-order valence-corrected chi connectivity index (χ3v) is 4.26. The molecule has 0 saturated carbocycles. The van der Waals surface area contributed by atoms with E-state index in [1.165, 1.54) is 0 Å². The average Bonchev–Trinajstić information content (AvgIpc) is 2.68. The van der Waals surface area contributed by atoms with Gasteiger partial charge in [-0.2, -0.15) is 0 Å². The third kappa shape index (κ3) is 2.77. The number of rotatable bonds is 3. The number of aryl methyl sites for hydroxylation is 1. The predicted molar refractivity (Wildman–Crippen MR) is 70.3 cm³/mol. The summed E-state index contributed by atoms with van der Waals surface area (Å²) in [5, 5.41) is 5.33. The second-order valence-corrected chi connectivity index (χ2v) is 6.18. The number of hydrogen-bond donors (Lipinski definition) is 1. The Bertz CT molecular complexity index is 467. The Morgan fingerprint density at radius 3 is 2.78 bits per heavy atom. The molecule has 1 N–H and O–H groups in total. The zero-order valence-electron chi connectivity index (χ0n) is 10.9. The van der Waals surface area contributed by atoms with Crippen LogP contribution in [-0.4, -0.2) is 16.8 Å². The summed E-state index contributed by atoms with van der Waals surface area (Å²) in [6, 6.07) is 0. The molecule has 2 rings (SSSR count). The molecule has 0 bridgehead atoms. The Balaban J connectivity index is 2.27. The molecule has 98 valence electrons. The predicted octanol–water partition coefficient (Wildman–Crippen LogP) is 2.24. The van der Waals surface area contributed by atoms with Crippen LogP contribution in [0.25, 0.3) is 0 Å². The number of hydrogen-bond acceptors (Lipinski definition) is 4. The van der Waals surface area contributed by atoms with Crippen LogP contribution < -0.4 is 5.32 Å². The van der Waals surface area contributed by atoms with Crippen LogP contribution in [-0.2, 0) is 9.59 Å². The lowest BCUT2D eigenvalue weighted by Gasteiger charge is -2.29. The summed E-state index contributed by atoms with van der Waals surface area (Å²) in [6.07, 6.45) is 1.17. The Morgan fingerprint density at radius 2 is 2.22 bits per heavy atom. The van der Waals surface area contributed by atoms with E-state index in [0.717, 1.165) is 17.1 Å². The molecule has 1 aliphatic heterocycles. The number of carbonyl (C=O) groups is 2. The number of thiazole rings is 1. The van der Waals surface area contributed by atoms with E-state index in [2.05, 4.69) is 24.1 Å². The van der Waals surface area contributed by atoms with Gasteiger partial charge in [-0.1, -0.05) is 13.8 Å². The molecular formula is C13H18N2O2S. The minimum Gasteiger partial charge on any atom is -0.296 e. The maximum absolute atomic E-state index is 12.0. The molecule has 18 heavy (non-hydrogen) atoms. The van der Waals surface area contributed by atoms with Gasteiger partial charge >= 0.3 is 0 Å². The van der Waals surface area contributed by atoms with Gasteiger partial charge in [0.25, 0.3) is 0 Å². The van der Waals surface area contributed by atoms with E-state index in [-0.39, 0.29) is 23.7 Å². The SMILES string of the molecule is Cc1csc(C2CC(=O)NC(=O)C2CC(C)C)n1. The second-order valence-electron chi connectivity index (χ2n) is 5.29. The lowest BCUT2D eigenvalue weighted by molar-refractivity contribution is -0.137. The number of aromatic nitrogens is 1. The van der Waals surface area contributed by atoms with Crippen molar-refractivity contribution in [1.29, 1.82) is 0 Å². The van der Waals surface area contributed by atoms with E-state index in [1.807, 2.05) is 12.3 Å². The fourth-order valence-corrected chi connectivity index (χ4v) is 3.35. The minimum absolute atomic E-state index is 0.0488. The van der Waals surface area contributed by atoms with Crippen LogP contribution in [0.2, 0.25) is 0 Å². The van der Waals surface area contributed by atoms with Crippen molar-refractivity contribution in [2.75, 3.05) is 0 Å². The van der Waals surface area contributed by atoms with E-state index in [0.29, 0.717) is 12.3 Å². The summed E-state index contributed by atoms with van der Waals surface area (Å²) in [6.45, 7) is 6.11. The van der Waals surface area contributed by atoms with Crippen LogP contribution in [0.3, 0.4) is 0 Å². The Labute approximate surface area is 111 Å². The summed E-state index contributed by atoms with van der Waals surface area (Å²) < 4.78 is 0. The Morgan fingerprint density at radius 1 is 1.50 bits per heavy atom. The van der Waals surface area contributed by atoms with E-state index < -0.39 is 0 Å². The molecular weight excluding hydrogens is 248 g/mol. The van der Waals surface area contributed by atoms with Gasteiger partial charge in [-0.15, -0.1) is 11.3 Å². The normalized spacial score (nSPS) is 24.4. The summed E-state index contributed by atoms with van der Waals surface area (Å²) in [7, 11) is 0. The summed E-state index contributed by atoms with van der Waals surface area (Å²) >= 11 is 1.55.